The SMILES string of the molecule is COc1ccccc1OCCN(C)C(=O)c1cc(-c2ccco2)nc2c1cnn2C(C)C. The lowest BCUT2D eigenvalue weighted by Crippen LogP contribution is -2.31. The Morgan fingerprint density at radius 3 is 2.66 bits per heavy atom. The van der Waals surface area contributed by atoms with Gasteiger partial charge < -0.3 is 18.8 Å². The smallest absolute Gasteiger partial charge is 0.254 e. The van der Waals surface area contributed by atoms with E-state index >= 15 is 0 Å². The first-order valence-corrected chi connectivity index (χ1v) is 10.4. The number of hydrogen-bond donors (Lipinski definition) is 0. The second-order valence-corrected chi connectivity index (χ2v) is 7.68. The van der Waals surface area contributed by atoms with Crippen LogP contribution in [0.3, 0.4) is 0 Å². The first-order valence-electron chi connectivity index (χ1n) is 10.4. The number of amides is 1. The third-order valence-electron chi connectivity index (χ3n) is 5.16. The van der Waals surface area contributed by atoms with Crippen molar-refractivity contribution in [2.24, 2.45) is 0 Å². The highest BCUT2D eigenvalue weighted by Crippen LogP contribution is 2.28. The van der Waals surface area contributed by atoms with Crippen LogP contribution < -0.4 is 9.47 Å². The first-order chi connectivity index (χ1) is 15.5. The number of likely N-dealkylation sites (N-methyl/N-ethyl adjacent to an activating group) is 1. The van der Waals surface area contributed by atoms with Crippen LogP contribution in [0.2, 0.25) is 0 Å². The average molecular weight is 434 g/mol. The zero-order valence-electron chi connectivity index (χ0n) is 18.6. The highest BCUT2D eigenvalue weighted by atomic mass is 16.5. The van der Waals surface area contributed by atoms with Gasteiger partial charge in [-0.2, -0.15) is 5.10 Å². The summed E-state index contributed by atoms with van der Waals surface area (Å²) < 4.78 is 18.5. The van der Waals surface area contributed by atoms with Crippen LogP contribution in [-0.4, -0.2) is 52.9 Å². The van der Waals surface area contributed by atoms with Crippen LogP contribution in [0, 0.1) is 0 Å². The third kappa shape index (κ3) is 4.16. The maximum atomic E-state index is 13.4. The molecule has 0 saturated carbocycles. The number of carbonyl (C=O) groups is 1. The summed E-state index contributed by atoms with van der Waals surface area (Å²) in [6.45, 7) is 4.77. The van der Waals surface area contributed by atoms with Crippen LogP contribution in [0.5, 0.6) is 11.5 Å². The van der Waals surface area contributed by atoms with Crippen molar-refractivity contribution in [2.75, 3.05) is 27.3 Å². The fourth-order valence-corrected chi connectivity index (χ4v) is 3.46. The molecule has 0 aliphatic heterocycles. The lowest BCUT2D eigenvalue weighted by atomic mass is 10.1. The predicted molar refractivity (Wildman–Crippen MR) is 121 cm³/mol. The van der Waals surface area contributed by atoms with E-state index in [1.807, 2.05) is 48.9 Å². The molecule has 0 spiro atoms. The summed E-state index contributed by atoms with van der Waals surface area (Å²) in [5.41, 5.74) is 1.76. The summed E-state index contributed by atoms with van der Waals surface area (Å²) in [6, 6.07) is 12.9. The van der Waals surface area contributed by atoms with Gasteiger partial charge in [-0.3, -0.25) is 4.79 Å². The van der Waals surface area contributed by atoms with E-state index in [9.17, 15) is 4.79 Å². The van der Waals surface area contributed by atoms with E-state index in [-0.39, 0.29) is 11.9 Å². The number of fused-ring (bicyclic) bond motifs is 1. The molecule has 4 aromatic rings. The molecule has 0 bridgehead atoms. The number of benzene rings is 1. The average Bonchev–Trinajstić information content (AvgIpc) is 3.48. The topological polar surface area (TPSA) is 82.6 Å². The van der Waals surface area contributed by atoms with Crippen molar-refractivity contribution in [1.29, 1.82) is 0 Å². The van der Waals surface area contributed by atoms with Crippen molar-refractivity contribution >= 4 is 16.9 Å². The van der Waals surface area contributed by atoms with Crippen molar-refractivity contribution in [3.63, 3.8) is 0 Å². The number of rotatable bonds is 8. The Kier molecular flexibility index (Phi) is 6.11. The zero-order valence-corrected chi connectivity index (χ0v) is 18.6. The summed E-state index contributed by atoms with van der Waals surface area (Å²) in [7, 11) is 3.35. The molecule has 1 amide bonds. The Morgan fingerprint density at radius 2 is 1.97 bits per heavy atom. The summed E-state index contributed by atoms with van der Waals surface area (Å²) in [6.07, 6.45) is 3.28. The van der Waals surface area contributed by atoms with Crippen LogP contribution in [-0.2, 0) is 0 Å². The summed E-state index contributed by atoms with van der Waals surface area (Å²) in [4.78, 5) is 19.7. The van der Waals surface area contributed by atoms with Gasteiger partial charge in [0, 0.05) is 13.1 Å². The van der Waals surface area contributed by atoms with Crippen molar-refractivity contribution in [1.82, 2.24) is 19.7 Å². The third-order valence-corrected chi connectivity index (χ3v) is 5.16. The fraction of sp³-hybridized carbons (Fsp3) is 0.292. The highest BCUT2D eigenvalue weighted by Gasteiger charge is 2.21. The van der Waals surface area contributed by atoms with Crippen molar-refractivity contribution in [3.8, 4) is 23.0 Å². The van der Waals surface area contributed by atoms with Crippen molar-refractivity contribution in [2.45, 2.75) is 19.9 Å². The second-order valence-electron chi connectivity index (χ2n) is 7.68. The van der Waals surface area contributed by atoms with Gasteiger partial charge in [-0.05, 0) is 44.2 Å². The van der Waals surface area contributed by atoms with Gasteiger partial charge >= 0.3 is 0 Å². The number of para-hydroxylation sites is 2. The number of ether oxygens (including phenoxy) is 2. The Morgan fingerprint density at radius 1 is 1.19 bits per heavy atom. The number of methoxy groups -OCH3 is 1. The van der Waals surface area contributed by atoms with Gasteiger partial charge in [0.25, 0.3) is 5.91 Å². The second kappa shape index (κ2) is 9.13. The van der Waals surface area contributed by atoms with E-state index in [0.29, 0.717) is 52.7 Å². The maximum Gasteiger partial charge on any atom is 0.254 e. The van der Waals surface area contributed by atoms with Crippen LogP contribution >= 0.6 is 0 Å². The van der Waals surface area contributed by atoms with Gasteiger partial charge in [0.05, 0.1) is 37.1 Å². The Balaban J connectivity index is 1.59. The fourth-order valence-electron chi connectivity index (χ4n) is 3.46. The van der Waals surface area contributed by atoms with E-state index in [2.05, 4.69) is 5.10 Å². The van der Waals surface area contributed by atoms with Gasteiger partial charge in [0.2, 0.25) is 0 Å². The van der Waals surface area contributed by atoms with E-state index in [1.165, 1.54) is 0 Å². The molecule has 8 heteroatoms. The van der Waals surface area contributed by atoms with E-state index in [4.69, 9.17) is 18.9 Å². The van der Waals surface area contributed by atoms with Crippen LogP contribution in [0.15, 0.2) is 59.3 Å². The van der Waals surface area contributed by atoms with Crippen LogP contribution in [0.1, 0.15) is 30.2 Å². The van der Waals surface area contributed by atoms with E-state index in [1.54, 1.807) is 43.7 Å². The molecule has 32 heavy (non-hydrogen) atoms. The Labute approximate surface area is 186 Å². The van der Waals surface area contributed by atoms with Gasteiger partial charge in [-0.15, -0.1) is 0 Å². The lowest BCUT2D eigenvalue weighted by molar-refractivity contribution is 0.0775. The molecule has 8 nitrogen and oxygen atoms in total. The molecule has 0 aliphatic rings. The molecule has 4 rings (SSSR count). The molecule has 0 aliphatic carbocycles. The minimum atomic E-state index is -0.142. The number of carbonyl (C=O) groups excluding carboxylic acids is 1. The number of furan rings is 1. The maximum absolute atomic E-state index is 13.4. The van der Waals surface area contributed by atoms with E-state index < -0.39 is 0 Å². The summed E-state index contributed by atoms with van der Waals surface area (Å²) >= 11 is 0. The first kappa shape index (κ1) is 21.4. The van der Waals surface area contributed by atoms with Gasteiger partial charge in [-0.1, -0.05) is 12.1 Å². The number of aromatic nitrogens is 3. The molecule has 3 aromatic heterocycles. The van der Waals surface area contributed by atoms with Gasteiger partial charge in [-0.25, -0.2) is 9.67 Å². The predicted octanol–water partition coefficient (Wildman–Crippen LogP) is 4.43. The van der Waals surface area contributed by atoms with Crippen LogP contribution in [0.4, 0.5) is 0 Å². The normalized spacial score (nSPS) is 11.2. The zero-order chi connectivity index (χ0) is 22.7. The monoisotopic (exact) mass is 434 g/mol. The quantitative estimate of drug-likeness (QED) is 0.408. The minimum Gasteiger partial charge on any atom is -0.493 e. The molecule has 166 valence electrons. The molecule has 0 fully saturated rings. The summed E-state index contributed by atoms with van der Waals surface area (Å²) in [5, 5.41) is 5.16. The molecule has 1 aromatic carbocycles. The number of hydrogen-bond acceptors (Lipinski definition) is 6. The molecule has 0 unspecified atom stereocenters. The number of nitrogens with zero attached hydrogens (tertiary/aromatic N) is 4. The largest absolute Gasteiger partial charge is 0.493 e. The molecule has 3 heterocycles. The standard InChI is InChI=1S/C24H26N4O4/c1-16(2)28-23-18(15-25-28)17(14-19(26-23)20-10-7-12-31-20)24(29)27(3)11-13-32-22-9-6-5-8-21(22)30-4/h5-10,12,14-16H,11,13H2,1-4H3. The lowest BCUT2D eigenvalue weighted by Gasteiger charge is -2.19. The minimum absolute atomic E-state index is 0.0989. The van der Waals surface area contributed by atoms with Gasteiger partial charge in [0.1, 0.15) is 12.3 Å². The van der Waals surface area contributed by atoms with E-state index in [0.717, 1.165) is 0 Å². The summed E-state index contributed by atoms with van der Waals surface area (Å²) in [5.74, 6) is 1.75. The van der Waals surface area contributed by atoms with Crippen molar-refractivity contribution in [3.05, 3.63) is 60.5 Å². The van der Waals surface area contributed by atoms with Gasteiger partial charge in [0.15, 0.2) is 22.9 Å². The molecular formula is C24H26N4O4. The molecule has 0 saturated heterocycles. The molecular weight excluding hydrogens is 408 g/mol. The highest BCUT2D eigenvalue weighted by molar-refractivity contribution is 6.06. The number of pyridine rings is 1. The molecule has 0 atom stereocenters. The molecule has 0 radical (unpaired) electrons. The van der Waals surface area contributed by atoms with Crippen LogP contribution in [0.25, 0.3) is 22.5 Å². The Hall–Kier alpha value is -3.81. The van der Waals surface area contributed by atoms with Crippen molar-refractivity contribution < 1.29 is 18.7 Å². The molecule has 0 N–H and O–H groups in total. The Bertz CT molecular complexity index is 1210.